The first-order chi connectivity index (χ1) is 9.47. The Morgan fingerprint density at radius 1 is 1.50 bits per heavy atom. The number of amides is 1. The van der Waals surface area contributed by atoms with E-state index in [9.17, 15) is 14.6 Å². The summed E-state index contributed by atoms with van der Waals surface area (Å²) in [4.78, 5) is 21.3. The highest BCUT2D eigenvalue weighted by molar-refractivity contribution is 6.61. The van der Waals surface area contributed by atoms with Gasteiger partial charge in [-0.1, -0.05) is 6.07 Å². The topological polar surface area (TPSA) is 105 Å². The van der Waals surface area contributed by atoms with Crippen molar-refractivity contribution in [3.8, 4) is 5.75 Å². The van der Waals surface area contributed by atoms with E-state index in [0.29, 0.717) is 11.2 Å². The van der Waals surface area contributed by atoms with Crippen LogP contribution in [0, 0.1) is 0 Å². The third-order valence-electron chi connectivity index (χ3n) is 2.86. The number of carbonyl (C=O) groups excluding carboxylic acids is 1. The summed E-state index contributed by atoms with van der Waals surface area (Å²) in [5.41, 5.74) is 1.26. The van der Waals surface area contributed by atoms with E-state index in [1.165, 1.54) is 13.0 Å². The maximum atomic E-state index is 10.9. The molecule has 1 atom stereocenters. The van der Waals surface area contributed by atoms with Gasteiger partial charge in [0.15, 0.2) is 6.61 Å². The van der Waals surface area contributed by atoms with Crippen LogP contribution in [-0.4, -0.2) is 42.3 Å². The van der Waals surface area contributed by atoms with E-state index in [2.05, 4.69) is 5.32 Å². The molecule has 8 heteroatoms. The van der Waals surface area contributed by atoms with Crippen molar-refractivity contribution in [2.24, 2.45) is 0 Å². The van der Waals surface area contributed by atoms with E-state index in [4.69, 9.17) is 14.5 Å². The Labute approximate surface area is 115 Å². The number of rotatable bonds is 5. The van der Waals surface area contributed by atoms with Gasteiger partial charge >= 0.3 is 13.1 Å². The van der Waals surface area contributed by atoms with Crippen LogP contribution in [0.3, 0.4) is 0 Å². The van der Waals surface area contributed by atoms with Crippen molar-refractivity contribution < 1.29 is 29.1 Å². The van der Waals surface area contributed by atoms with Crippen molar-refractivity contribution in [3.63, 3.8) is 0 Å². The van der Waals surface area contributed by atoms with E-state index in [1.807, 2.05) is 0 Å². The third kappa shape index (κ3) is 3.28. The summed E-state index contributed by atoms with van der Waals surface area (Å²) in [5, 5.41) is 21.0. The molecule has 0 radical (unpaired) electrons. The fourth-order valence-electron chi connectivity index (χ4n) is 1.99. The molecule has 0 aromatic heterocycles. The Kier molecular flexibility index (Phi) is 4.26. The van der Waals surface area contributed by atoms with Gasteiger partial charge in [0.2, 0.25) is 5.91 Å². The largest absolute Gasteiger partial charge is 0.492 e. The smallest absolute Gasteiger partial charge is 0.482 e. The zero-order valence-electron chi connectivity index (χ0n) is 10.8. The number of nitrogens with one attached hydrogen (secondary N) is 1. The average molecular weight is 279 g/mol. The molecule has 0 aliphatic carbocycles. The molecule has 1 amide bonds. The fourth-order valence-corrected chi connectivity index (χ4v) is 1.99. The number of carboxylic acids is 1. The summed E-state index contributed by atoms with van der Waals surface area (Å²) in [5.74, 6) is -0.919. The number of hydrogen-bond acceptors (Lipinski definition) is 5. The Balaban J connectivity index is 2.11. The summed E-state index contributed by atoms with van der Waals surface area (Å²) < 4.78 is 10.4. The second-order valence-electron chi connectivity index (χ2n) is 4.39. The zero-order chi connectivity index (χ0) is 14.7. The average Bonchev–Trinajstić information content (AvgIpc) is 2.70. The van der Waals surface area contributed by atoms with Crippen LogP contribution in [0.25, 0.3) is 0 Å². The van der Waals surface area contributed by atoms with Gasteiger partial charge in [-0.05, 0) is 23.2 Å². The summed E-state index contributed by atoms with van der Waals surface area (Å²) >= 11 is 0. The molecule has 1 aliphatic rings. The summed E-state index contributed by atoms with van der Waals surface area (Å²) in [6.07, 6.45) is -0.433. The monoisotopic (exact) mass is 279 g/mol. The Morgan fingerprint density at radius 3 is 2.90 bits per heavy atom. The molecular formula is C12H14BNO6. The minimum absolute atomic E-state index is 0.182. The Morgan fingerprint density at radius 2 is 2.25 bits per heavy atom. The van der Waals surface area contributed by atoms with E-state index < -0.39 is 25.8 Å². The summed E-state index contributed by atoms with van der Waals surface area (Å²) in [6.45, 7) is 1.20. The number of hydrogen-bond donors (Lipinski definition) is 3. The van der Waals surface area contributed by atoms with Crippen molar-refractivity contribution in [2.75, 3.05) is 13.2 Å². The molecule has 0 bridgehead atoms. The quantitative estimate of drug-likeness (QED) is 0.600. The molecule has 3 N–H and O–H groups in total. The van der Waals surface area contributed by atoms with Gasteiger partial charge in [0, 0.05) is 13.5 Å². The number of benzene rings is 1. The van der Waals surface area contributed by atoms with Crippen LogP contribution >= 0.6 is 0 Å². The van der Waals surface area contributed by atoms with Crippen LogP contribution in [0.2, 0.25) is 0 Å². The molecule has 0 fully saturated rings. The predicted molar refractivity (Wildman–Crippen MR) is 69.7 cm³/mol. The van der Waals surface area contributed by atoms with E-state index in [-0.39, 0.29) is 12.5 Å². The second-order valence-corrected chi connectivity index (χ2v) is 4.39. The van der Waals surface area contributed by atoms with Crippen molar-refractivity contribution in [1.29, 1.82) is 0 Å². The van der Waals surface area contributed by atoms with Gasteiger partial charge in [0.25, 0.3) is 0 Å². The number of ether oxygens (including phenoxy) is 1. The highest BCUT2D eigenvalue weighted by Gasteiger charge is 2.35. The number of carboxylic acid groups (broad SMARTS) is 1. The maximum absolute atomic E-state index is 10.9. The molecule has 7 nitrogen and oxygen atoms in total. The lowest BCUT2D eigenvalue weighted by Crippen LogP contribution is -2.29. The molecule has 0 saturated heterocycles. The molecule has 1 aliphatic heterocycles. The van der Waals surface area contributed by atoms with Crippen LogP contribution in [0.4, 0.5) is 0 Å². The van der Waals surface area contributed by atoms with Crippen molar-refractivity contribution in [1.82, 2.24) is 5.32 Å². The third-order valence-corrected chi connectivity index (χ3v) is 2.86. The minimum atomic E-state index is -1.11. The summed E-state index contributed by atoms with van der Waals surface area (Å²) in [6, 6.07) is 4.83. The van der Waals surface area contributed by atoms with Crippen molar-refractivity contribution >= 4 is 24.5 Å². The van der Waals surface area contributed by atoms with Crippen LogP contribution in [0.1, 0.15) is 18.6 Å². The van der Waals surface area contributed by atoms with Crippen LogP contribution in [0.5, 0.6) is 5.75 Å². The first kappa shape index (κ1) is 14.4. The Bertz CT molecular complexity index is 535. The molecular weight excluding hydrogens is 265 g/mol. The SMILES string of the molecule is CC(=O)NCC1OB(O)c2cc(OCC(=O)O)ccc21. The first-order valence-electron chi connectivity index (χ1n) is 6.03. The van der Waals surface area contributed by atoms with E-state index >= 15 is 0 Å². The van der Waals surface area contributed by atoms with Crippen LogP contribution in [-0.2, 0) is 14.2 Å². The highest BCUT2D eigenvalue weighted by atomic mass is 16.5. The number of aliphatic carboxylic acids is 1. The van der Waals surface area contributed by atoms with Gasteiger partial charge < -0.3 is 24.8 Å². The molecule has 0 saturated carbocycles. The minimum Gasteiger partial charge on any atom is -0.482 e. The molecule has 1 unspecified atom stereocenters. The van der Waals surface area contributed by atoms with Gasteiger partial charge in [-0.2, -0.15) is 0 Å². The van der Waals surface area contributed by atoms with Gasteiger partial charge in [-0.25, -0.2) is 4.79 Å². The van der Waals surface area contributed by atoms with Gasteiger partial charge in [0.1, 0.15) is 5.75 Å². The van der Waals surface area contributed by atoms with Crippen LogP contribution in [0.15, 0.2) is 18.2 Å². The highest BCUT2D eigenvalue weighted by Crippen LogP contribution is 2.25. The molecule has 0 spiro atoms. The lowest BCUT2D eigenvalue weighted by atomic mass is 9.79. The summed E-state index contributed by atoms with van der Waals surface area (Å²) in [7, 11) is -1.11. The van der Waals surface area contributed by atoms with Crippen molar-refractivity contribution in [3.05, 3.63) is 23.8 Å². The predicted octanol–water partition coefficient (Wildman–Crippen LogP) is -0.955. The normalized spacial score (nSPS) is 16.7. The fraction of sp³-hybridized carbons (Fsp3) is 0.333. The van der Waals surface area contributed by atoms with E-state index in [1.54, 1.807) is 12.1 Å². The molecule has 20 heavy (non-hydrogen) atoms. The maximum Gasteiger partial charge on any atom is 0.492 e. The standard InChI is InChI=1S/C12H14BNO6/c1-7(15)14-5-11-9-3-2-8(19-6-12(16)17)4-10(9)13(18)20-11/h2-4,11,18H,5-6H2,1H3,(H,14,15)(H,16,17). The van der Waals surface area contributed by atoms with Gasteiger partial charge in [-0.3, -0.25) is 4.79 Å². The number of carbonyl (C=O) groups is 2. The lowest BCUT2D eigenvalue weighted by Gasteiger charge is -2.12. The zero-order valence-corrected chi connectivity index (χ0v) is 10.8. The molecule has 1 heterocycles. The second kappa shape index (κ2) is 5.93. The van der Waals surface area contributed by atoms with Gasteiger partial charge in [0.05, 0.1) is 6.10 Å². The van der Waals surface area contributed by atoms with Gasteiger partial charge in [-0.15, -0.1) is 0 Å². The van der Waals surface area contributed by atoms with E-state index in [0.717, 1.165) is 5.56 Å². The van der Waals surface area contributed by atoms with Crippen molar-refractivity contribution in [2.45, 2.75) is 13.0 Å². The molecule has 106 valence electrons. The Hall–Kier alpha value is -2.06. The lowest BCUT2D eigenvalue weighted by molar-refractivity contribution is -0.139. The molecule has 1 aromatic carbocycles. The first-order valence-corrected chi connectivity index (χ1v) is 6.03. The molecule has 2 rings (SSSR count). The molecule has 1 aromatic rings. The number of fused-ring (bicyclic) bond motifs is 1. The van der Waals surface area contributed by atoms with Crippen LogP contribution < -0.4 is 15.5 Å².